The highest BCUT2D eigenvalue weighted by atomic mass is 16.4. The van der Waals surface area contributed by atoms with Crippen LogP contribution in [0.15, 0.2) is 23.0 Å². The second kappa shape index (κ2) is 4.06. The Bertz CT molecular complexity index is 682. The molecule has 0 amide bonds. The molecule has 0 atom stereocenters. The summed E-state index contributed by atoms with van der Waals surface area (Å²) >= 11 is 0. The number of aromatic amines is 1. The molecule has 0 bridgehead atoms. The Morgan fingerprint density at radius 1 is 1.33 bits per heavy atom. The molecule has 0 aliphatic carbocycles. The summed E-state index contributed by atoms with van der Waals surface area (Å²) in [4.78, 5) is 25.1. The number of nitrogens with one attached hydrogen (secondary N) is 1. The highest BCUT2D eigenvalue weighted by Gasteiger charge is 2.19. The number of hydrogen-bond acceptors (Lipinski definition) is 3. The first kappa shape index (κ1) is 12.0. The zero-order valence-corrected chi connectivity index (χ0v) is 10.0. The van der Waals surface area contributed by atoms with E-state index in [0.29, 0.717) is 5.69 Å². The van der Waals surface area contributed by atoms with Gasteiger partial charge in [0.1, 0.15) is 5.82 Å². The number of H-pyrrole nitrogens is 1. The van der Waals surface area contributed by atoms with Crippen LogP contribution in [0.5, 0.6) is 0 Å². The summed E-state index contributed by atoms with van der Waals surface area (Å²) < 4.78 is 1.06. The molecule has 0 fully saturated rings. The van der Waals surface area contributed by atoms with Crippen molar-refractivity contribution in [1.29, 1.82) is 0 Å². The Hall–Kier alpha value is -2.50. The third kappa shape index (κ3) is 1.77. The van der Waals surface area contributed by atoms with Gasteiger partial charge in [0, 0.05) is 0 Å². The molecule has 18 heavy (non-hydrogen) atoms. The van der Waals surface area contributed by atoms with Gasteiger partial charge in [-0.1, -0.05) is 6.07 Å². The third-order valence-corrected chi connectivity index (χ3v) is 2.87. The smallest absolute Gasteiger partial charge is 0.356 e. The number of carboxylic acids is 1. The molecule has 6 nitrogen and oxygen atoms in total. The monoisotopic (exact) mass is 247 g/mol. The number of imidazole rings is 1. The van der Waals surface area contributed by atoms with E-state index in [2.05, 4.69) is 4.98 Å². The van der Waals surface area contributed by atoms with Crippen LogP contribution in [-0.2, 0) is 0 Å². The summed E-state index contributed by atoms with van der Waals surface area (Å²) in [7, 11) is 0. The van der Waals surface area contributed by atoms with Gasteiger partial charge in [0.25, 0.3) is 0 Å². The lowest BCUT2D eigenvalue weighted by Crippen LogP contribution is -2.19. The number of hydrogen-bond donors (Lipinski definition) is 3. The normalized spacial score (nSPS) is 10.6. The quantitative estimate of drug-likeness (QED) is 0.738. The number of nitrogen functional groups attached to an aromatic ring is 1. The fourth-order valence-electron chi connectivity index (χ4n) is 1.77. The van der Waals surface area contributed by atoms with E-state index in [4.69, 9.17) is 10.8 Å². The van der Waals surface area contributed by atoms with Crippen LogP contribution in [0.25, 0.3) is 5.69 Å². The van der Waals surface area contributed by atoms with Crippen molar-refractivity contribution in [3.05, 3.63) is 45.5 Å². The molecule has 4 N–H and O–H groups in total. The molecule has 6 heteroatoms. The largest absolute Gasteiger partial charge is 0.476 e. The van der Waals surface area contributed by atoms with Crippen LogP contribution in [0.3, 0.4) is 0 Å². The fourth-order valence-corrected chi connectivity index (χ4v) is 1.77. The second-order valence-corrected chi connectivity index (χ2v) is 4.10. The van der Waals surface area contributed by atoms with Gasteiger partial charge in [0.05, 0.1) is 5.69 Å². The van der Waals surface area contributed by atoms with E-state index in [0.717, 1.165) is 15.7 Å². The third-order valence-electron chi connectivity index (χ3n) is 2.87. The van der Waals surface area contributed by atoms with Gasteiger partial charge in [0.2, 0.25) is 0 Å². The van der Waals surface area contributed by atoms with E-state index in [1.807, 2.05) is 19.9 Å². The molecule has 1 aromatic carbocycles. The predicted molar refractivity (Wildman–Crippen MR) is 67.2 cm³/mol. The number of carboxylic acid groups (broad SMARTS) is 1. The predicted octanol–water partition coefficient (Wildman–Crippen LogP) is 1.06. The lowest BCUT2D eigenvalue weighted by molar-refractivity contribution is 0.0689. The maximum atomic E-state index is 11.7. The minimum atomic E-state index is -1.25. The van der Waals surface area contributed by atoms with E-state index in [9.17, 15) is 9.59 Å². The average Bonchev–Trinajstić information content (AvgIpc) is 2.57. The first-order valence-corrected chi connectivity index (χ1v) is 5.33. The highest BCUT2D eigenvalue weighted by molar-refractivity contribution is 5.91. The van der Waals surface area contributed by atoms with E-state index in [1.165, 1.54) is 0 Å². The standard InChI is InChI=1S/C12H13N3O3/c1-6-3-4-8(5-7(6)2)15-9(11(16)17)10(13)14-12(15)18/h3-5H,13H2,1-2H3,(H,14,18)(H,16,17). The zero-order valence-electron chi connectivity index (χ0n) is 10.0. The maximum absolute atomic E-state index is 11.7. The summed E-state index contributed by atoms with van der Waals surface area (Å²) in [5.74, 6) is -1.39. The van der Waals surface area contributed by atoms with Gasteiger partial charge in [-0.25, -0.2) is 9.59 Å². The topological polar surface area (TPSA) is 101 Å². The molecule has 0 radical (unpaired) electrons. The minimum Gasteiger partial charge on any atom is -0.476 e. The summed E-state index contributed by atoms with van der Waals surface area (Å²) in [5.41, 5.74) is 7.19. The van der Waals surface area contributed by atoms with Crippen LogP contribution in [-0.4, -0.2) is 20.6 Å². The van der Waals surface area contributed by atoms with Crippen molar-refractivity contribution < 1.29 is 9.90 Å². The summed E-state index contributed by atoms with van der Waals surface area (Å²) in [6.07, 6.45) is 0. The summed E-state index contributed by atoms with van der Waals surface area (Å²) in [5, 5.41) is 9.09. The van der Waals surface area contributed by atoms with E-state index in [1.54, 1.807) is 12.1 Å². The van der Waals surface area contributed by atoms with Crippen LogP contribution < -0.4 is 11.4 Å². The number of nitrogens with zero attached hydrogens (tertiary/aromatic N) is 1. The second-order valence-electron chi connectivity index (χ2n) is 4.10. The summed E-state index contributed by atoms with van der Waals surface area (Å²) in [6, 6.07) is 5.26. The molecular weight excluding hydrogens is 234 g/mol. The molecule has 0 saturated heterocycles. The summed E-state index contributed by atoms with van der Waals surface area (Å²) in [6.45, 7) is 3.83. The molecule has 2 rings (SSSR count). The lowest BCUT2D eigenvalue weighted by Gasteiger charge is -2.07. The molecule has 0 aliphatic rings. The lowest BCUT2D eigenvalue weighted by atomic mass is 10.1. The van der Waals surface area contributed by atoms with E-state index in [-0.39, 0.29) is 11.5 Å². The van der Waals surface area contributed by atoms with Gasteiger partial charge in [-0.15, -0.1) is 0 Å². The van der Waals surface area contributed by atoms with Gasteiger partial charge in [-0.2, -0.15) is 0 Å². The molecule has 0 unspecified atom stereocenters. The Balaban J connectivity index is 2.74. The van der Waals surface area contributed by atoms with Crippen molar-refractivity contribution in [3.8, 4) is 5.69 Å². The van der Waals surface area contributed by atoms with Gasteiger partial charge in [-0.05, 0) is 37.1 Å². The number of nitrogens with two attached hydrogens (primary N) is 1. The van der Waals surface area contributed by atoms with Gasteiger partial charge >= 0.3 is 11.7 Å². The first-order chi connectivity index (χ1) is 8.41. The van der Waals surface area contributed by atoms with Crippen LogP contribution >= 0.6 is 0 Å². The van der Waals surface area contributed by atoms with Crippen LogP contribution in [0, 0.1) is 13.8 Å². The number of aromatic carboxylic acids is 1. The zero-order chi connectivity index (χ0) is 13.4. The van der Waals surface area contributed by atoms with Crippen molar-refractivity contribution >= 4 is 11.8 Å². The highest BCUT2D eigenvalue weighted by Crippen LogP contribution is 2.17. The molecule has 1 aromatic heterocycles. The van der Waals surface area contributed by atoms with E-state index >= 15 is 0 Å². The number of aryl methyl sites for hydroxylation is 2. The van der Waals surface area contributed by atoms with Gasteiger partial charge in [0.15, 0.2) is 5.69 Å². The molecule has 0 spiro atoms. The van der Waals surface area contributed by atoms with Crippen LogP contribution in [0.4, 0.5) is 5.82 Å². The number of carbonyl (C=O) groups is 1. The Morgan fingerprint density at radius 2 is 2.00 bits per heavy atom. The van der Waals surface area contributed by atoms with Crippen molar-refractivity contribution in [2.45, 2.75) is 13.8 Å². The van der Waals surface area contributed by atoms with E-state index < -0.39 is 11.7 Å². The minimum absolute atomic E-state index is 0.147. The molecular formula is C12H13N3O3. The number of rotatable bonds is 2. The molecule has 94 valence electrons. The number of benzene rings is 1. The average molecular weight is 247 g/mol. The van der Waals surface area contributed by atoms with Gasteiger partial charge < -0.3 is 10.8 Å². The number of aromatic nitrogens is 2. The molecule has 0 aliphatic heterocycles. The first-order valence-electron chi connectivity index (χ1n) is 5.33. The fraction of sp³-hybridized carbons (Fsp3) is 0.167. The SMILES string of the molecule is Cc1ccc(-n2c(C(=O)O)c(N)[nH]c2=O)cc1C. The van der Waals surface area contributed by atoms with Crippen LogP contribution in [0.1, 0.15) is 21.6 Å². The Labute approximate surface area is 103 Å². The van der Waals surface area contributed by atoms with Crippen molar-refractivity contribution in [2.24, 2.45) is 0 Å². The van der Waals surface area contributed by atoms with Crippen molar-refractivity contribution in [1.82, 2.24) is 9.55 Å². The Morgan fingerprint density at radius 3 is 2.56 bits per heavy atom. The van der Waals surface area contributed by atoms with Crippen LogP contribution in [0.2, 0.25) is 0 Å². The van der Waals surface area contributed by atoms with Crippen molar-refractivity contribution in [2.75, 3.05) is 5.73 Å². The van der Waals surface area contributed by atoms with Crippen molar-refractivity contribution in [3.63, 3.8) is 0 Å². The molecule has 2 aromatic rings. The number of anilines is 1. The molecule has 1 heterocycles. The maximum Gasteiger partial charge on any atom is 0.356 e. The van der Waals surface area contributed by atoms with Gasteiger partial charge in [-0.3, -0.25) is 9.55 Å². The Kier molecular flexibility index (Phi) is 2.70. The molecule has 0 saturated carbocycles.